The van der Waals surface area contributed by atoms with E-state index in [1.54, 1.807) is 25.2 Å². The number of nitrogens with one attached hydrogen (secondary N) is 2. The molecule has 0 bridgehead atoms. The summed E-state index contributed by atoms with van der Waals surface area (Å²) < 4.78 is 11.4. The smallest absolute Gasteiger partial charge is 0.318 e. The minimum atomic E-state index is -0.283. The monoisotopic (exact) mass is 286 g/mol. The number of hydrogen-bond donors (Lipinski definition) is 2. The van der Waals surface area contributed by atoms with Gasteiger partial charge in [-0.1, -0.05) is 18.2 Å². The lowest BCUT2D eigenvalue weighted by atomic mass is 10.2. The zero-order chi connectivity index (χ0) is 15.1. The molecule has 2 amide bonds. The highest BCUT2D eigenvalue weighted by Gasteiger charge is 2.09. The molecule has 0 radical (unpaired) electrons. The van der Waals surface area contributed by atoms with Gasteiger partial charge in [0.25, 0.3) is 0 Å². The Bertz CT molecular complexity index is 600. The highest BCUT2D eigenvalue weighted by molar-refractivity contribution is 5.89. The van der Waals surface area contributed by atoms with Crippen molar-refractivity contribution in [2.45, 2.75) is 6.92 Å². The number of anilines is 1. The maximum Gasteiger partial charge on any atom is 0.318 e. The Balaban J connectivity index is 2.22. The molecule has 2 rings (SSSR count). The lowest BCUT2D eigenvalue weighted by Gasteiger charge is -2.13. The van der Waals surface area contributed by atoms with Crippen LogP contribution in [0.3, 0.4) is 0 Å². The van der Waals surface area contributed by atoms with Crippen LogP contribution in [0.4, 0.5) is 10.5 Å². The third-order valence-corrected chi connectivity index (χ3v) is 2.70. The summed E-state index contributed by atoms with van der Waals surface area (Å²) in [4.78, 5) is 11.3. The standard InChI is InChI=1S/C16H18N2O3/c1-3-20-15-11-12(18-16(19)17-2)9-10-14(15)21-13-7-5-4-6-8-13/h4-11H,3H2,1-2H3,(H2,17,18,19). The Morgan fingerprint density at radius 1 is 1.10 bits per heavy atom. The first-order chi connectivity index (χ1) is 10.2. The molecule has 2 aromatic rings. The average Bonchev–Trinajstić information content (AvgIpc) is 2.51. The number of carbonyl (C=O) groups excluding carboxylic acids is 1. The SMILES string of the molecule is CCOc1cc(NC(=O)NC)ccc1Oc1ccccc1. The number of ether oxygens (including phenoxy) is 2. The van der Waals surface area contributed by atoms with Gasteiger partial charge in [0.05, 0.1) is 6.61 Å². The molecule has 0 unspecified atom stereocenters. The molecule has 2 N–H and O–H groups in total. The maximum absolute atomic E-state index is 11.3. The fourth-order valence-corrected chi connectivity index (χ4v) is 1.75. The quantitative estimate of drug-likeness (QED) is 0.882. The van der Waals surface area contributed by atoms with Crippen molar-refractivity contribution in [3.63, 3.8) is 0 Å². The number of rotatable bonds is 5. The highest BCUT2D eigenvalue weighted by Crippen LogP contribution is 2.34. The highest BCUT2D eigenvalue weighted by atomic mass is 16.5. The number of hydrogen-bond acceptors (Lipinski definition) is 3. The number of urea groups is 1. The van der Waals surface area contributed by atoms with Gasteiger partial charge in [0.15, 0.2) is 11.5 Å². The molecule has 0 spiro atoms. The van der Waals surface area contributed by atoms with E-state index in [0.29, 0.717) is 23.8 Å². The predicted molar refractivity (Wildman–Crippen MR) is 82.2 cm³/mol. The average molecular weight is 286 g/mol. The summed E-state index contributed by atoms with van der Waals surface area (Å²) in [5, 5.41) is 5.19. The first-order valence-electron chi connectivity index (χ1n) is 6.71. The third kappa shape index (κ3) is 4.14. The van der Waals surface area contributed by atoms with Crippen LogP contribution in [0.15, 0.2) is 48.5 Å². The predicted octanol–water partition coefficient (Wildman–Crippen LogP) is 3.63. The van der Waals surface area contributed by atoms with E-state index in [4.69, 9.17) is 9.47 Å². The zero-order valence-corrected chi connectivity index (χ0v) is 12.1. The molecule has 110 valence electrons. The Kier molecular flexibility index (Phi) is 5.04. The molecule has 21 heavy (non-hydrogen) atoms. The zero-order valence-electron chi connectivity index (χ0n) is 12.1. The van der Waals surface area contributed by atoms with E-state index in [2.05, 4.69) is 10.6 Å². The summed E-state index contributed by atoms with van der Waals surface area (Å²) in [5.74, 6) is 1.91. The summed E-state index contributed by atoms with van der Waals surface area (Å²) in [6, 6.07) is 14.4. The van der Waals surface area contributed by atoms with Crippen LogP contribution < -0.4 is 20.1 Å². The van der Waals surface area contributed by atoms with E-state index in [1.807, 2.05) is 37.3 Å². The van der Waals surface area contributed by atoms with Gasteiger partial charge in [-0.3, -0.25) is 0 Å². The summed E-state index contributed by atoms with van der Waals surface area (Å²) >= 11 is 0. The normalized spacial score (nSPS) is 9.81. The second kappa shape index (κ2) is 7.19. The van der Waals surface area contributed by atoms with Crippen molar-refractivity contribution in [3.05, 3.63) is 48.5 Å². The molecule has 0 aliphatic carbocycles. The van der Waals surface area contributed by atoms with Crippen LogP contribution in [0.1, 0.15) is 6.92 Å². The van der Waals surface area contributed by atoms with Crippen LogP contribution in [0.5, 0.6) is 17.2 Å². The van der Waals surface area contributed by atoms with Gasteiger partial charge in [-0.25, -0.2) is 4.79 Å². The van der Waals surface area contributed by atoms with Crippen molar-refractivity contribution < 1.29 is 14.3 Å². The maximum atomic E-state index is 11.3. The van der Waals surface area contributed by atoms with Crippen LogP contribution in [0.2, 0.25) is 0 Å². The largest absolute Gasteiger partial charge is 0.490 e. The fraction of sp³-hybridized carbons (Fsp3) is 0.188. The molecule has 0 heterocycles. The minimum Gasteiger partial charge on any atom is -0.490 e. The van der Waals surface area contributed by atoms with Gasteiger partial charge < -0.3 is 20.1 Å². The number of amides is 2. The van der Waals surface area contributed by atoms with E-state index >= 15 is 0 Å². The molecule has 0 atom stereocenters. The molecule has 0 saturated heterocycles. The Morgan fingerprint density at radius 3 is 2.52 bits per heavy atom. The van der Waals surface area contributed by atoms with Crippen LogP contribution >= 0.6 is 0 Å². The topological polar surface area (TPSA) is 59.6 Å². The van der Waals surface area contributed by atoms with Crippen molar-refractivity contribution >= 4 is 11.7 Å². The van der Waals surface area contributed by atoms with Gasteiger partial charge in [0.1, 0.15) is 5.75 Å². The van der Waals surface area contributed by atoms with Gasteiger partial charge in [-0.2, -0.15) is 0 Å². The fourth-order valence-electron chi connectivity index (χ4n) is 1.75. The molecule has 5 heteroatoms. The van der Waals surface area contributed by atoms with Crippen LogP contribution in [0.25, 0.3) is 0 Å². The van der Waals surface area contributed by atoms with Crippen molar-refractivity contribution in [3.8, 4) is 17.2 Å². The number of benzene rings is 2. The van der Waals surface area contributed by atoms with Crippen molar-refractivity contribution in [1.82, 2.24) is 5.32 Å². The lowest BCUT2D eigenvalue weighted by Crippen LogP contribution is -2.24. The summed E-state index contributed by atoms with van der Waals surface area (Å²) in [7, 11) is 1.56. The molecule has 5 nitrogen and oxygen atoms in total. The van der Waals surface area contributed by atoms with E-state index in [1.165, 1.54) is 0 Å². The van der Waals surface area contributed by atoms with Gasteiger partial charge in [0.2, 0.25) is 0 Å². The molecule has 0 fully saturated rings. The van der Waals surface area contributed by atoms with Gasteiger partial charge >= 0.3 is 6.03 Å². The molecule has 0 aliphatic heterocycles. The lowest BCUT2D eigenvalue weighted by molar-refractivity contribution is 0.254. The van der Waals surface area contributed by atoms with Crippen molar-refractivity contribution in [1.29, 1.82) is 0 Å². The number of para-hydroxylation sites is 1. The molecule has 2 aromatic carbocycles. The molecule has 0 saturated carbocycles. The molecular weight excluding hydrogens is 268 g/mol. The Hall–Kier alpha value is -2.69. The minimum absolute atomic E-state index is 0.283. The summed E-state index contributed by atoms with van der Waals surface area (Å²) in [5.41, 5.74) is 0.637. The summed E-state index contributed by atoms with van der Waals surface area (Å²) in [6.07, 6.45) is 0. The van der Waals surface area contributed by atoms with E-state index < -0.39 is 0 Å². The first-order valence-corrected chi connectivity index (χ1v) is 6.71. The first kappa shape index (κ1) is 14.7. The van der Waals surface area contributed by atoms with Crippen LogP contribution in [-0.4, -0.2) is 19.7 Å². The van der Waals surface area contributed by atoms with E-state index in [9.17, 15) is 4.79 Å². The Labute approximate surface area is 123 Å². The third-order valence-electron chi connectivity index (χ3n) is 2.70. The van der Waals surface area contributed by atoms with Crippen molar-refractivity contribution in [2.24, 2.45) is 0 Å². The molecular formula is C16H18N2O3. The van der Waals surface area contributed by atoms with Gasteiger partial charge in [-0.05, 0) is 31.2 Å². The van der Waals surface area contributed by atoms with Gasteiger partial charge in [-0.15, -0.1) is 0 Å². The van der Waals surface area contributed by atoms with E-state index in [-0.39, 0.29) is 6.03 Å². The van der Waals surface area contributed by atoms with Crippen molar-refractivity contribution in [2.75, 3.05) is 19.0 Å². The molecule has 0 aliphatic rings. The second-order valence-corrected chi connectivity index (χ2v) is 4.21. The van der Waals surface area contributed by atoms with Gasteiger partial charge in [0, 0.05) is 18.8 Å². The Morgan fingerprint density at radius 2 is 1.86 bits per heavy atom. The summed E-state index contributed by atoms with van der Waals surface area (Å²) in [6.45, 7) is 2.40. The van der Waals surface area contributed by atoms with E-state index in [0.717, 1.165) is 5.75 Å². The molecule has 0 aromatic heterocycles. The van der Waals surface area contributed by atoms with Crippen LogP contribution in [0, 0.1) is 0 Å². The number of carbonyl (C=O) groups is 1. The second-order valence-electron chi connectivity index (χ2n) is 4.21. The van der Waals surface area contributed by atoms with Crippen LogP contribution in [-0.2, 0) is 0 Å².